The van der Waals surface area contributed by atoms with Crippen LogP contribution in [0.3, 0.4) is 0 Å². The highest BCUT2D eigenvalue weighted by atomic mass is 16.5. The lowest BCUT2D eigenvalue weighted by Gasteiger charge is -2.54. The highest BCUT2D eigenvalue weighted by molar-refractivity contribution is 5.98. The van der Waals surface area contributed by atoms with Crippen LogP contribution in [0.15, 0.2) is 52.9 Å². The predicted octanol–water partition coefficient (Wildman–Crippen LogP) is 5.51. The molecule has 0 aliphatic carbocycles. The number of likely N-dealkylation sites (tertiary alicyclic amines) is 1. The molecule has 0 bridgehead atoms. The van der Waals surface area contributed by atoms with Crippen molar-refractivity contribution in [1.82, 2.24) is 4.90 Å². The minimum Gasteiger partial charge on any atom is -0.487 e. The molecule has 0 radical (unpaired) electrons. The van der Waals surface area contributed by atoms with Gasteiger partial charge in [-0.05, 0) is 69.9 Å². The summed E-state index contributed by atoms with van der Waals surface area (Å²) in [4.78, 5) is 27.3. The zero-order valence-electron chi connectivity index (χ0n) is 20.7. The van der Waals surface area contributed by atoms with E-state index in [4.69, 9.17) is 13.9 Å². The van der Waals surface area contributed by atoms with Crippen molar-refractivity contribution >= 4 is 22.8 Å². The maximum Gasteiger partial charge on any atom is 0.303 e. The second-order valence-electron chi connectivity index (χ2n) is 10.8. The van der Waals surface area contributed by atoms with Crippen LogP contribution in [0.1, 0.15) is 66.8 Å². The Balaban J connectivity index is 1.33. The molecule has 7 heteroatoms. The van der Waals surface area contributed by atoms with Crippen molar-refractivity contribution in [1.29, 1.82) is 0 Å². The van der Waals surface area contributed by atoms with Gasteiger partial charge in [-0.2, -0.15) is 0 Å². The SMILES string of the molecule is Cc1cc2cc(C(=O)N3CCC[C@]34CO[C@H]3c5ccccc5O[C@@](C)(CCC(=O)O)[C@@H]3C4)ccc2o1. The number of carboxylic acid groups (broad SMARTS) is 1. The van der Waals surface area contributed by atoms with Crippen LogP contribution in [0, 0.1) is 12.8 Å². The van der Waals surface area contributed by atoms with Crippen LogP contribution in [-0.4, -0.2) is 46.2 Å². The molecule has 0 unspecified atom stereocenters. The number of hydrogen-bond donors (Lipinski definition) is 1. The largest absolute Gasteiger partial charge is 0.487 e. The van der Waals surface area contributed by atoms with Gasteiger partial charge in [-0.25, -0.2) is 0 Å². The van der Waals surface area contributed by atoms with Crippen molar-refractivity contribution in [2.24, 2.45) is 5.92 Å². The van der Waals surface area contributed by atoms with Gasteiger partial charge in [-0.15, -0.1) is 0 Å². The van der Waals surface area contributed by atoms with Gasteiger partial charge in [0, 0.05) is 35.4 Å². The Hall–Kier alpha value is -3.32. The zero-order valence-corrected chi connectivity index (χ0v) is 20.7. The molecular formula is C29H31NO6. The Morgan fingerprint density at radius 1 is 1.17 bits per heavy atom. The molecule has 0 saturated carbocycles. The molecule has 7 nitrogen and oxygen atoms in total. The van der Waals surface area contributed by atoms with E-state index in [0.29, 0.717) is 31.6 Å². The number of amides is 1. The fourth-order valence-corrected chi connectivity index (χ4v) is 6.59. The van der Waals surface area contributed by atoms with Crippen molar-refractivity contribution < 1.29 is 28.6 Å². The number of carbonyl (C=O) groups is 2. The number of fused-ring (bicyclic) bond motifs is 4. The van der Waals surface area contributed by atoms with Crippen molar-refractivity contribution in [3.8, 4) is 5.75 Å². The third-order valence-electron chi connectivity index (χ3n) is 8.41. The van der Waals surface area contributed by atoms with Gasteiger partial charge in [0.25, 0.3) is 5.91 Å². The Kier molecular flexibility index (Phi) is 5.37. The summed E-state index contributed by atoms with van der Waals surface area (Å²) in [7, 11) is 0. The van der Waals surface area contributed by atoms with Crippen LogP contribution in [0.2, 0.25) is 0 Å². The number of aryl methyl sites for hydroxylation is 1. The van der Waals surface area contributed by atoms with Gasteiger partial charge in [0.1, 0.15) is 22.7 Å². The Labute approximate surface area is 210 Å². The van der Waals surface area contributed by atoms with Crippen molar-refractivity contribution in [2.45, 2.75) is 63.2 Å². The molecule has 36 heavy (non-hydrogen) atoms. The molecule has 1 spiro atoms. The number of carbonyl (C=O) groups excluding carboxylic acids is 1. The molecule has 4 heterocycles. The molecule has 3 aliphatic rings. The van der Waals surface area contributed by atoms with E-state index in [1.165, 1.54) is 0 Å². The van der Waals surface area contributed by atoms with E-state index in [-0.39, 0.29) is 24.3 Å². The summed E-state index contributed by atoms with van der Waals surface area (Å²) in [5.74, 6) is 0.652. The number of hydrogen-bond acceptors (Lipinski definition) is 5. The smallest absolute Gasteiger partial charge is 0.303 e. The first-order chi connectivity index (χ1) is 17.3. The fraction of sp³-hybridized carbons (Fsp3) is 0.448. The number of aliphatic carboxylic acids is 1. The predicted molar refractivity (Wildman–Crippen MR) is 133 cm³/mol. The van der Waals surface area contributed by atoms with E-state index in [1.807, 2.05) is 67.3 Å². The average Bonchev–Trinajstić information content (AvgIpc) is 3.44. The minimum atomic E-state index is -0.843. The summed E-state index contributed by atoms with van der Waals surface area (Å²) in [6.45, 7) is 5.03. The van der Waals surface area contributed by atoms with Gasteiger partial charge < -0.3 is 23.9 Å². The third-order valence-corrected chi connectivity index (χ3v) is 8.41. The number of carboxylic acids is 1. The highest BCUT2D eigenvalue weighted by Gasteiger charge is 2.57. The van der Waals surface area contributed by atoms with E-state index >= 15 is 0 Å². The highest BCUT2D eigenvalue weighted by Crippen LogP contribution is 2.55. The molecule has 2 fully saturated rings. The molecule has 2 aromatic carbocycles. The number of nitrogens with zero attached hydrogens (tertiary/aromatic N) is 1. The summed E-state index contributed by atoms with van der Waals surface area (Å²) in [6.07, 6.45) is 2.67. The summed E-state index contributed by atoms with van der Waals surface area (Å²) in [6, 6.07) is 15.4. The van der Waals surface area contributed by atoms with E-state index in [2.05, 4.69) is 0 Å². The van der Waals surface area contributed by atoms with Crippen molar-refractivity contribution in [3.05, 3.63) is 65.4 Å². The van der Waals surface area contributed by atoms with E-state index in [0.717, 1.165) is 40.9 Å². The van der Waals surface area contributed by atoms with Gasteiger partial charge in [0.15, 0.2) is 0 Å². The zero-order chi connectivity index (χ0) is 25.1. The van der Waals surface area contributed by atoms with Gasteiger partial charge in [-0.3, -0.25) is 9.59 Å². The maximum atomic E-state index is 13.8. The monoisotopic (exact) mass is 489 g/mol. The normalized spacial score (nSPS) is 29.1. The van der Waals surface area contributed by atoms with Gasteiger partial charge in [0.2, 0.25) is 0 Å². The lowest BCUT2D eigenvalue weighted by molar-refractivity contribution is -0.169. The fourth-order valence-electron chi connectivity index (χ4n) is 6.59. The number of furan rings is 1. The first-order valence-corrected chi connectivity index (χ1v) is 12.7. The quantitative estimate of drug-likeness (QED) is 0.520. The topological polar surface area (TPSA) is 89.2 Å². The Morgan fingerprint density at radius 2 is 2.00 bits per heavy atom. The molecule has 6 rings (SSSR count). The van der Waals surface area contributed by atoms with Crippen molar-refractivity contribution in [2.75, 3.05) is 13.2 Å². The molecular weight excluding hydrogens is 458 g/mol. The summed E-state index contributed by atoms with van der Waals surface area (Å²) >= 11 is 0. The standard InChI is InChI=1S/C29H31NO6/c1-18-14-20-15-19(8-9-23(20)35-18)27(33)30-13-5-11-29(30)16-22-26(34-17-29)21-6-3-4-7-24(21)36-28(22,2)12-10-25(31)32/h3-4,6-9,14-15,22,26H,5,10-13,16-17H2,1-2H3,(H,31,32)/t22-,26+,28+,29+/m1/s1. The molecule has 4 atom stereocenters. The van der Waals surface area contributed by atoms with Crippen molar-refractivity contribution in [3.63, 3.8) is 0 Å². The second-order valence-corrected chi connectivity index (χ2v) is 10.8. The van der Waals surface area contributed by atoms with Gasteiger partial charge in [-0.1, -0.05) is 18.2 Å². The number of para-hydroxylation sites is 1. The maximum absolute atomic E-state index is 13.8. The van der Waals surface area contributed by atoms with E-state index < -0.39 is 17.1 Å². The average molecular weight is 490 g/mol. The third kappa shape index (κ3) is 3.68. The van der Waals surface area contributed by atoms with Gasteiger partial charge >= 0.3 is 5.97 Å². The van der Waals surface area contributed by atoms with Gasteiger partial charge in [0.05, 0.1) is 18.2 Å². The lowest BCUT2D eigenvalue weighted by Crippen LogP contribution is -2.60. The molecule has 1 N–H and O–H groups in total. The van der Waals surface area contributed by atoms with E-state index in [9.17, 15) is 14.7 Å². The Morgan fingerprint density at radius 3 is 2.83 bits per heavy atom. The molecule has 3 aromatic rings. The molecule has 2 saturated heterocycles. The van der Waals surface area contributed by atoms with Crippen LogP contribution in [0.25, 0.3) is 11.0 Å². The lowest BCUT2D eigenvalue weighted by atomic mass is 9.68. The number of benzene rings is 2. The second kappa shape index (κ2) is 8.37. The van der Waals surface area contributed by atoms with E-state index in [1.54, 1.807) is 0 Å². The molecule has 1 aromatic heterocycles. The number of rotatable bonds is 4. The van der Waals surface area contributed by atoms with Crippen LogP contribution < -0.4 is 4.74 Å². The first kappa shape index (κ1) is 23.1. The molecule has 188 valence electrons. The number of ether oxygens (including phenoxy) is 2. The summed E-state index contributed by atoms with van der Waals surface area (Å²) in [5.41, 5.74) is 1.26. The van der Waals surface area contributed by atoms with Crippen LogP contribution in [0.5, 0.6) is 5.75 Å². The summed E-state index contributed by atoms with van der Waals surface area (Å²) < 4.78 is 18.8. The van der Waals surface area contributed by atoms with Crippen LogP contribution in [-0.2, 0) is 9.53 Å². The molecule has 3 aliphatic heterocycles. The van der Waals surface area contributed by atoms with Crippen LogP contribution >= 0.6 is 0 Å². The minimum absolute atomic E-state index is 0.000306. The Bertz CT molecular complexity index is 1350. The summed E-state index contributed by atoms with van der Waals surface area (Å²) in [5, 5.41) is 10.3. The first-order valence-electron chi connectivity index (χ1n) is 12.7. The van der Waals surface area contributed by atoms with Crippen LogP contribution in [0.4, 0.5) is 0 Å². The molecule has 1 amide bonds.